The summed E-state index contributed by atoms with van der Waals surface area (Å²) in [6.07, 6.45) is 15.5. The fraction of sp³-hybridized carbons (Fsp3) is 0.691. The van der Waals surface area contributed by atoms with Crippen LogP contribution in [0.5, 0.6) is 0 Å². The van der Waals surface area contributed by atoms with Gasteiger partial charge in [0.05, 0.1) is 12.2 Å². The lowest BCUT2D eigenvalue weighted by atomic mass is 9.48. The number of alkyl carbamates (subject to hydrolysis) is 1. The second kappa shape index (κ2) is 20.2. The lowest BCUT2D eigenvalue weighted by Gasteiger charge is -2.57. The number of hydrogen-bond donors (Lipinski definition) is 6. The van der Waals surface area contributed by atoms with Gasteiger partial charge in [0.15, 0.2) is 0 Å². The summed E-state index contributed by atoms with van der Waals surface area (Å²) in [5, 5.41) is 44.1. The fourth-order valence-corrected chi connectivity index (χ4v) is 14.9. The number of allylic oxidation sites excluding steroid dienone is 4. The largest absolute Gasteiger partial charge is 0.444 e. The number of aliphatic hydroxyl groups is 4. The summed E-state index contributed by atoms with van der Waals surface area (Å²) >= 11 is 0. The lowest BCUT2D eigenvalue weighted by Crippen LogP contribution is -2.54. The molecule has 9 heteroatoms. The van der Waals surface area contributed by atoms with Crippen molar-refractivity contribution in [2.24, 2.45) is 74.7 Å². The summed E-state index contributed by atoms with van der Waals surface area (Å²) in [5.74, 6) is 2.89. The topological polar surface area (TPSA) is 145 Å². The number of aliphatic hydroxyl groups excluding tert-OH is 4. The Kier molecular flexibility index (Phi) is 16.0. The number of carbonyl (C=O) groups excluding carboxylic acids is 1. The molecule has 64 heavy (non-hydrogen) atoms. The molecule has 1 amide bonds. The van der Waals surface area contributed by atoms with Crippen molar-refractivity contribution < 1.29 is 30.0 Å². The number of halogens is 1. The zero-order valence-electron chi connectivity index (χ0n) is 40.1. The van der Waals surface area contributed by atoms with Crippen LogP contribution in [0.4, 0.5) is 4.79 Å². The molecule has 2 aromatic rings. The fourth-order valence-electron chi connectivity index (χ4n) is 14.9. The highest BCUT2D eigenvalue weighted by Gasteiger charge is 2.58. The summed E-state index contributed by atoms with van der Waals surface area (Å²) in [6, 6.07) is 21.6. The second-order valence-electron chi connectivity index (χ2n) is 22.9. The average Bonchev–Trinajstić information content (AvgIpc) is 3.81. The molecule has 2 aromatic carbocycles. The van der Waals surface area contributed by atoms with E-state index in [1.807, 2.05) is 20.8 Å². The summed E-state index contributed by atoms with van der Waals surface area (Å²) < 4.78 is 5.58. The highest BCUT2D eigenvalue weighted by atomic mass is 35.5. The van der Waals surface area contributed by atoms with E-state index in [4.69, 9.17) is 10.5 Å². The molecule has 0 aromatic heterocycles. The van der Waals surface area contributed by atoms with Crippen molar-refractivity contribution >= 4 is 29.6 Å². The Balaban J connectivity index is 0.000000214. The second-order valence-corrected chi connectivity index (χ2v) is 22.9. The molecule has 0 saturated heterocycles. The van der Waals surface area contributed by atoms with Gasteiger partial charge in [-0.15, -0.1) is 12.4 Å². The Morgan fingerprint density at radius 2 is 1.09 bits per heavy atom. The maximum absolute atomic E-state index is 12.7. The quantitative estimate of drug-likeness (QED) is 0.147. The molecule has 4 fully saturated rings. The molecule has 8 rings (SSSR count). The molecular weight excluding hydrogens is 820 g/mol. The Morgan fingerprint density at radius 1 is 0.672 bits per heavy atom. The van der Waals surface area contributed by atoms with E-state index in [0.717, 1.165) is 64.3 Å². The van der Waals surface area contributed by atoms with Gasteiger partial charge in [0.1, 0.15) is 5.60 Å². The van der Waals surface area contributed by atoms with Crippen LogP contribution in [0.1, 0.15) is 137 Å². The summed E-state index contributed by atoms with van der Waals surface area (Å²) in [4.78, 5) is 12.7. The van der Waals surface area contributed by atoms with E-state index in [9.17, 15) is 25.2 Å². The molecule has 8 nitrogen and oxygen atoms in total. The third kappa shape index (κ3) is 9.81. The van der Waals surface area contributed by atoms with Gasteiger partial charge in [0.2, 0.25) is 0 Å². The maximum Gasteiger partial charge on any atom is 0.407 e. The van der Waals surface area contributed by atoms with Crippen molar-refractivity contribution in [1.29, 1.82) is 0 Å². The van der Waals surface area contributed by atoms with Gasteiger partial charge in [-0.3, -0.25) is 0 Å². The first-order valence-electron chi connectivity index (χ1n) is 24.7. The smallest absolute Gasteiger partial charge is 0.407 e. The minimum absolute atomic E-state index is 0. The van der Waals surface area contributed by atoms with Gasteiger partial charge < -0.3 is 36.2 Å². The number of ether oxygens (including phenoxy) is 1. The van der Waals surface area contributed by atoms with Crippen LogP contribution in [0.25, 0.3) is 11.1 Å². The zero-order chi connectivity index (χ0) is 45.4. The Morgan fingerprint density at radius 3 is 1.50 bits per heavy atom. The molecular formula is C55H83ClN2O6. The van der Waals surface area contributed by atoms with Crippen LogP contribution in [0.15, 0.2) is 72.8 Å². The van der Waals surface area contributed by atoms with Gasteiger partial charge in [-0.2, -0.15) is 0 Å². The lowest BCUT2D eigenvalue weighted by molar-refractivity contribution is -0.0920. The van der Waals surface area contributed by atoms with E-state index < -0.39 is 5.60 Å². The maximum atomic E-state index is 12.7. The van der Waals surface area contributed by atoms with Crippen LogP contribution in [0.3, 0.4) is 0 Å². The number of hydrogen-bond acceptors (Lipinski definition) is 7. The number of carbonyl (C=O) groups is 1. The molecule has 0 spiro atoms. The molecule has 356 valence electrons. The van der Waals surface area contributed by atoms with Gasteiger partial charge in [0.25, 0.3) is 0 Å². The number of amides is 1. The highest BCUT2D eigenvalue weighted by molar-refractivity contribution is 5.85. The van der Waals surface area contributed by atoms with Crippen molar-refractivity contribution in [1.82, 2.24) is 5.32 Å². The molecule has 14 atom stereocenters. The van der Waals surface area contributed by atoms with Crippen LogP contribution < -0.4 is 11.1 Å². The summed E-state index contributed by atoms with van der Waals surface area (Å²) in [5.41, 5.74) is 11.8. The number of fused-ring (bicyclic) bond motifs is 2. The molecule has 0 aliphatic heterocycles. The number of rotatable bonds is 9. The predicted molar refractivity (Wildman–Crippen MR) is 261 cm³/mol. The van der Waals surface area contributed by atoms with E-state index in [1.54, 1.807) is 0 Å². The monoisotopic (exact) mass is 903 g/mol. The van der Waals surface area contributed by atoms with Crippen molar-refractivity contribution in [2.45, 2.75) is 143 Å². The summed E-state index contributed by atoms with van der Waals surface area (Å²) in [7, 11) is 0. The van der Waals surface area contributed by atoms with E-state index in [2.05, 4.69) is 106 Å². The average molecular weight is 904 g/mol. The molecule has 0 unspecified atom stereocenters. The van der Waals surface area contributed by atoms with Gasteiger partial charge in [-0.25, -0.2) is 4.79 Å². The van der Waals surface area contributed by atoms with Gasteiger partial charge >= 0.3 is 6.09 Å². The van der Waals surface area contributed by atoms with Gasteiger partial charge in [0, 0.05) is 19.8 Å². The van der Waals surface area contributed by atoms with E-state index in [1.165, 1.54) is 35.1 Å². The van der Waals surface area contributed by atoms with Crippen LogP contribution in [0, 0.1) is 69.0 Å². The minimum atomic E-state index is -0.534. The first-order valence-corrected chi connectivity index (χ1v) is 24.7. The number of benzene rings is 2. The van der Waals surface area contributed by atoms with Crippen LogP contribution >= 0.6 is 12.4 Å². The molecule has 0 heterocycles. The SMILES string of the molecule is CC(C)(C)OC(=O)NC[C@@H]1[C@@H]([C@@]2(C)CC[C@H](O)C[C@@H]2CO)CC[C@]2(C)C(c3ccccc3)=CC[C@@H]12.C[C@]1([C@H]2CC[C@]3(C)C(c4ccccc4)=CC[C@H]3[C@@H]2CN)CC[C@H](O)C[C@@H]1CO.Cl. The normalized spacial score (nSPS) is 39.4. The Hall–Kier alpha value is -2.72. The van der Waals surface area contributed by atoms with Gasteiger partial charge in [-0.05, 0) is 196 Å². The molecule has 4 saturated carbocycles. The minimum Gasteiger partial charge on any atom is -0.444 e. The Bertz CT molecular complexity index is 1920. The van der Waals surface area contributed by atoms with Crippen LogP contribution in [0.2, 0.25) is 0 Å². The van der Waals surface area contributed by atoms with Crippen molar-refractivity contribution in [3.63, 3.8) is 0 Å². The first kappa shape index (κ1) is 50.7. The van der Waals surface area contributed by atoms with Gasteiger partial charge in [-0.1, -0.05) is 101 Å². The molecule has 0 bridgehead atoms. The van der Waals surface area contributed by atoms with E-state index in [0.29, 0.717) is 42.6 Å². The molecule has 0 radical (unpaired) electrons. The van der Waals surface area contributed by atoms with Crippen molar-refractivity contribution in [3.8, 4) is 0 Å². The Labute approximate surface area is 391 Å². The molecule has 7 N–H and O–H groups in total. The van der Waals surface area contributed by atoms with E-state index in [-0.39, 0.29) is 83.3 Å². The highest BCUT2D eigenvalue weighted by Crippen LogP contribution is 2.65. The first-order chi connectivity index (χ1) is 29.9. The predicted octanol–water partition coefficient (Wildman–Crippen LogP) is 10.5. The third-order valence-corrected chi connectivity index (χ3v) is 18.5. The van der Waals surface area contributed by atoms with Crippen molar-refractivity contribution in [3.05, 3.63) is 83.9 Å². The molecule has 6 aliphatic carbocycles. The number of nitrogens with two attached hydrogens (primary N) is 1. The van der Waals surface area contributed by atoms with Crippen molar-refractivity contribution in [2.75, 3.05) is 26.3 Å². The van der Waals surface area contributed by atoms with Crippen LogP contribution in [-0.2, 0) is 4.74 Å². The third-order valence-electron chi connectivity index (χ3n) is 18.5. The number of nitrogens with one attached hydrogen (secondary N) is 1. The molecule has 6 aliphatic rings. The van der Waals surface area contributed by atoms with E-state index >= 15 is 0 Å². The standard InChI is InChI=1S/C30H45NO4.C25H37NO2.ClH/c1-28(2,3)35-27(34)31-18-23-25-12-11-24(20-9-7-6-8-10-20)30(25,5)16-14-26(23)29(4)15-13-22(33)17-21(29)19-32;1-24(12-10-19(28)14-18(24)16-27)23-11-13-25(2)21(17-6-4-3-5-7-17)8-9-22(25)20(23)15-26;/h6-11,21-23,25-26,32-33H,12-19H2,1-5H3,(H,31,34);3-8,18-20,22-23,27-28H,9-16,26H2,1-2H3;1H/t21-,22+,23+,25+,26+,29+,30-;18-,19+,20+,22+,23+,24+,25-;/m11./s1. The summed E-state index contributed by atoms with van der Waals surface area (Å²) in [6.45, 7) is 16.8. The van der Waals surface area contributed by atoms with Crippen LogP contribution in [-0.4, -0.2) is 70.6 Å². The zero-order valence-corrected chi connectivity index (χ0v) is 40.9.